The molecule has 2 aromatic heterocycles. The van der Waals surface area contributed by atoms with Crippen LogP contribution < -0.4 is 20.9 Å². The number of ether oxygens (including phenoxy) is 2. The summed E-state index contributed by atoms with van der Waals surface area (Å²) in [5, 5.41) is 2.63. The van der Waals surface area contributed by atoms with Gasteiger partial charge in [0, 0.05) is 0 Å². The van der Waals surface area contributed by atoms with E-state index in [0.29, 0.717) is 0 Å². The summed E-state index contributed by atoms with van der Waals surface area (Å²) in [4.78, 5) is 33.9. The molecule has 3 heterocycles. The van der Waals surface area contributed by atoms with Crippen molar-refractivity contribution in [2.45, 2.75) is 57.0 Å². The third-order valence-electron chi connectivity index (χ3n) is 5.51. The Morgan fingerprint density at radius 2 is 2.05 bits per heavy atom. The zero-order chi connectivity index (χ0) is 27.0. The number of fused-ring (bicyclic) bond motifs is 1. The minimum Gasteiger partial charge on any atom is -0.462 e. The summed E-state index contributed by atoms with van der Waals surface area (Å²) >= 11 is 6.91. The Balaban J connectivity index is 1.61. The maximum absolute atomic E-state index is 14.0. The number of aromatic amines is 1. The molecule has 1 fully saturated rings. The molecule has 0 bridgehead atoms. The normalized spacial score (nSPS) is 24.2. The number of alkyl halides is 1. The number of benzene rings is 1. The molecule has 3 aromatic rings. The molecule has 4 rings (SSSR count). The average molecular weight is 555 g/mol. The summed E-state index contributed by atoms with van der Waals surface area (Å²) in [5.74, 6) is -0.494. The lowest BCUT2D eigenvalue weighted by Gasteiger charge is -2.31. The van der Waals surface area contributed by atoms with Crippen LogP contribution >= 0.6 is 19.3 Å². The van der Waals surface area contributed by atoms with E-state index >= 15 is 0 Å². The number of carbonyl (C=O) groups excluding carboxylic acids is 1. The number of rotatable bonds is 9. The van der Waals surface area contributed by atoms with Crippen molar-refractivity contribution in [3.8, 4) is 5.75 Å². The van der Waals surface area contributed by atoms with E-state index in [1.54, 1.807) is 51.1 Å². The molecule has 0 radical (unpaired) electrons. The van der Waals surface area contributed by atoms with Crippen LogP contribution in [0.3, 0.4) is 0 Å². The first-order valence-electron chi connectivity index (χ1n) is 11.4. The zero-order valence-electron chi connectivity index (χ0n) is 20.6. The molecular weight excluding hydrogens is 527 g/mol. The molecule has 37 heavy (non-hydrogen) atoms. The number of nitrogens with zero attached hydrogens (tertiary/aromatic N) is 3. The molecule has 15 heteroatoms. The van der Waals surface area contributed by atoms with Crippen molar-refractivity contribution in [1.82, 2.24) is 24.6 Å². The van der Waals surface area contributed by atoms with Gasteiger partial charge in [0.1, 0.15) is 22.8 Å². The SMILES string of the molecule is CC(C)OC(=O)[C@H](C)NP(=O)(Oc1ccccc1)O[C@@H]1CO[C@@H](n2cnc3c(=O)[nH]c(N)nc32)[C@]1(C)Cl. The number of aromatic nitrogens is 4. The lowest BCUT2D eigenvalue weighted by Crippen LogP contribution is -2.41. The first kappa shape index (κ1) is 27.1. The minimum absolute atomic E-state index is 0.0480. The summed E-state index contributed by atoms with van der Waals surface area (Å²) < 4.78 is 38.2. The fourth-order valence-electron chi connectivity index (χ4n) is 3.75. The highest BCUT2D eigenvalue weighted by atomic mass is 35.5. The van der Waals surface area contributed by atoms with Gasteiger partial charge >= 0.3 is 13.7 Å². The van der Waals surface area contributed by atoms with Crippen LogP contribution in [0.1, 0.15) is 33.9 Å². The van der Waals surface area contributed by atoms with E-state index in [1.165, 1.54) is 17.8 Å². The molecule has 200 valence electrons. The van der Waals surface area contributed by atoms with Gasteiger partial charge in [-0.2, -0.15) is 10.1 Å². The Morgan fingerprint density at radius 1 is 1.35 bits per heavy atom. The Kier molecular flexibility index (Phi) is 7.63. The fourth-order valence-corrected chi connectivity index (χ4v) is 5.84. The topological polar surface area (TPSA) is 173 Å². The first-order valence-corrected chi connectivity index (χ1v) is 13.4. The van der Waals surface area contributed by atoms with Crippen LogP contribution in [-0.4, -0.2) is 55.2 Å². The van der Waals surface area contributed by atoms with Gasteiger partial charge in [0.15, 0.2) is 17.4 Å². The lowest BCUT2D eigenvalue weighted by molar-refractivity contribution is -0.149. The van der Waals surface area contributed by atoms with Crippen LogP contribution in [0.25, 0.3) is 11.2 Å². The predicted molar refractivity (Wildman–Crippen MR) is 135 cm³/mol. The third-order valence-corrected chi connectivity index (χ3v) is 7.63. The van der Waals surface area contributed by atoms with Crippen molar-refractivity contribution in [2.75, 3.05) is 12.3 Å². The van der Waals surface area contributed by atoms with Crippen molar-refractivity contribution < 1.29 is 27.9 Å². The minimum atomic E-state index is -4.22. The molecule has 1 saturated heterocycles. The van der Waals surface area contributed by atoms with Crippen LogP contribution in [-0.2, 0) is 23.4 Å². The first-order chi connectivity index (χ1) is 17.4. The van der Waals surface area contributed by atoms with Crippen molar-refractivity contribution in [3.05, 3.63) is 47.0 Å². The Morgan fingerprint density at radius 3 is 2.73 bits per heavy atom. The van der Waals surface area contributed by atoms with Gasteiger partial charge in [-0.1, -0.05) is 18.2 Å². The number of nitrogens with two attached hydrogens (primary N) is 1. The van der Waals surface area contributed by atoms with Gasteiger partial charge in [-0.3, -0.25) is 23.7 Å². The number of imidazole rings is 1. The van der Waals surface area contributed by atoms with E-state index in [2.05, 4.69) is 20.0 Å². The van der Waals surface area contributed by atoms with Gasteiger partial charge in [-0.15, -0.1) is 11.6 Å². The van der Waals surface area contributed by atoms with Gasteiger partial charge in [0.2, 0.25) is 5.95 Å². The second-order valence-corrected chi connectivity index (χ2v) is 11.4. The second-order valence-electron chi connectivity index (χ2n) is 8.94. The number of H-pyrrole nitrogens is 1. The molecule has 0 saturated carbocycles. The number of hydrogen-bond acceptors (Lipinski definition) is 10. The number of para-hydroxylation sites is 1. The van der Waals surface area contributed by atoms with Gasteiger partial charge in [0.05, 0.1) is 19.0 Å². The van der Waals surface area contributed by atoms with E-state index in [0.717, 1.165) is 0 Å². The zero-order valence-corrected chi connectivity index (χ0v) is 22.2. The lowest BCUT2D eigenvalue weighted by atomic mass is 10.1. The number of hydrogen-bond donors (Lipinski definition) is 3. The van der Waals surface area contributed by atoms with Crippen LogP contribution in [0.2, 0.25) is 0 Å². The van der Waals surface area contributed by atoms with E-state index in [9.17, 15) is 14.2 Å². The van der Waals surface area contributed by atoms with Crippen LogP contribution in [0.4, 0.5) is 5.95 Å². The number of nitrogens with one attached hydrogen (secondary N) is 2. The largest absolute Gasteiger partial charge is 0.462 e. The van der Waals surface area contributed by atoms with E-state index in [1.807, 2.05) is 0 Å². The smallest absolute Gasteiger partial charge is 0.459 e. The van der Waals surface area contributed by atoms with E-state index < -0.39 is 42.5 Å². The number of carbonyl (C=O) groups is 1. The fraction of sp³-hybridized carbons (Fsp3) is 0.455. The molecule has 4 N–H and O–H groups in total. The summed E-state index contributed by atoms with van der Waals surface area (Å²) in [6.07, 6.45) is -0.942. The molecule has 1 aliphatic heterocycles. The highest BCUT2D eigenvalue weighted by Crippen LogP contribution is 2.52. The standard InChI is InChI=1S/C22H28ClN6O7P/c1-12(2)34-19(31)13(3)28-37(32,35-14-8-6-5-7-9-14)36-15-10-33-20(22(15,4)23)29-11-25-16-17(29)26-21(24)27-18(16)30/h5-9,11-13,15,20H,10H2,1-4H3,(H,28,32)(H3,24,26,27,30)/t13-,15+,20+,22+,37?/m0/s1. The molecule has 0 spiro atoms. The van der Waals surface area contributed by atoms with Crippen molar-refractivity contribution >= 4 is 42.4 Å². The molecular formula is C22H28ClN6O7P. The predicted octanol–water partition coefficient (Wildman–Crippen LogP) is 2.73. The van der Waals surface area contributed by atoms with Gasteiger partial charge in [0.25, 0.3) is 5.56 Å². The molecule has 0 aliphatic carbocycles. The summed E-state index contributed by atoms with van der Waals surface area (Å²) in [6.45, 7) is 6.40. The second kappa shape index (κ2) is 10.4. The van der Waals surface area contributed by atoms with Crippen LogP contribution in [0, 0.1) is 0 Å². The monoisotopic (exact) mass is 554 g/mol. The Bertz CT molecular complexity index is 1380. The molecule has 5 atom stereocenters. The van der Waals surface area contributed by atoms with Crippen molar-refractivity contribution in [1.29, 1.82) is 0 Å². The highest BCUT2D eigenvalue weighted by molar-refractivity contribution is 7.52. The molecule has 13 nitrogen and oxygen atoms in total. The maximum atomic E-state index is 14.0. The molecule has 1 aromatic carbocycles. The van der Waals surface area contributed by atoms with Crippen molar-refractivity contribution in [3.63, 3.8) is 0 Å². The highest BCUT2D eigenvalue weighted by Gasteiger charge is 2.53. The third kappa shape index (κ3) is 5.81. The van der Waals surface area contributed by atoms with Crippen LogP contribution in [0.15, 0.2) is 41.5 Å². The van der Waals surface area contributed by atoms with Gasteiger partial charge in [-0.05, 0) is 39.8 Å². The van der Waals surface area contributed by atoms with Gasteiger partial charge < -0.3 is 19.7 Å². The van der Waals surface area contributed by atoms with E-state index in [-0.39, 0.29) is 35.6 Å². The quantitative estimate of drug-likeness (QED) is 0.201. The number of halogens is 1. The Labute approximate surface area is 217 Å². The summed E-state index contributed by atoms with van der Waals surface area (Å²) in [5.41, 5.74) is 5.39. The molecule has 1 aliphatic rings. The molecule has 0 amide bonds. The Hall–Kier alpha value is -2.96. The number of anilines is 1. The maximum Gasteiger partial charge on any atom is 0.459 e. The molecule has 1 unspecified atom stereocenters. The van der Waals surface area contributed by atoms with Gasteiger partial charge in [-0.25, -0.2) is 9.55 Å². The van der Waals surface area contributed by atoms with Crippen molar-refractivity contribution in [2.24, 2.45) is 0 Å². The summed E-state index contributed by atoms with van der Waals surface area (Å²) in [6, 6.07) is 7.30. The summed E-state index contributed by atoms with van der Waals surface area (Å²) in [7, 11) is -4.22. The number of esters is 1. The number of nitrogen functional groups attached to an aromatic ring is 1. The van der Waals surface area contributed by atoms with Crippen LogP contribution in [0.5, 0.6) is 5.75 Å². The van der Waals surface area contributed by atoms with E-state index in [4.69, 9.17) is 35.9 Å². The average Bonchev–Trinajstić information content (AvgIpc) is 3.33.